The minimum atomic E-state index is -3.41. The largest absolute Gasteiger partial charge is 0.330 e. The monoisotopic (exact) mass is 310 g/mol. The maximum atomic E-state index is 12.9. The van der Waals surface area contributed by atoms with Crippen LogP contribution in [0.3, 0.4) is 0 Å². The molecule has 4 nitrogen and oxygen atoms in total. The first kappa shape index (κ1) is 16.5. The molecule has 0 heterocycles. The fourth-order valence-electron chi connectivity index (χ4n) is 3.02. The minimum absolute atomic E-state index is 0.129. The lowest BCUT2D eigenvalue weighted by Crippen LogP contribution is -2.41. The van der Waals surface area contributed by atoms with Crippen molar-refractivity contribution in [3.63, 3.8) is 0 Å². The number of benzene rings is 1. The van der Waals surface area contributed by atoms with Gasteiger partial charge >= 0.3 is 0 Å². The van der Waals surface area contributed by atoms with E-state index in [2.05, 4.69) is 0 Å². The smallest absolute Gasteiger partial charge is 0.243 e. The SMILES string of the molecule is NCCCN(C1CCCCCC1)S(=O)(=O)c1ccccc1. The number of hydrogen-bond acceptors (Lipinski definition) is 3. The molecule has 1 aromatic carbocycles. The van der Waals surface area contributed by atoms with Crippen LogP contribution in [0.5, 0.6) is 0 Å². The van der Waals surface area contributed by atoms with E-state index in [1.165, 1.54) is 12.8 Å². The Hall–Kier alpha value is -0.910. The van der Waals surface area contributed by atoms with Gasteiger partial charge in [-0.05, 0) is 37.9 Å². The van der Waals surface area contributed by atoms with Crippen LogP contribution in [0.2, 0.25) is 0 Å². The molecule has 0 bridgehead atoms. The molecule has 0 aromatic heterocycles. The van der Waals surface area contributed by atoms with Gasteiger partial charge in [-0.3, -0.25) is 0 Å². The highest BCUT2D eigenvalue weighted by atomic mass is 32.2. The zero-order valence-corrected chi connectivity index (χ0v) is 13.4. The van der Waals surface area contributed by atoms with Crippen molar-refractivity contribution in [1.29, 1.82) is 0 Å². The minimum Gasteiger partial charge on any atom is -0.330 e. The van der Waals surface area contributed by atoms with Crippen LogP contribution in [-0.4, -0.2) is 31.9 Å². The van der Waals surface area contributed by atoms with E-state index in [9.17, 15) is 8.42 Å². The molecule has 2 N–H and O–H groups in total. The van der Waals surface area contributed by atoms with Crippen LogP contribution in [0.1, 0.15) is 44.9 Å². The predicted octanol–water partition coefficient (Wildman–Crippen LogP) is 2.75. The number of rotatable bonds is 6. The Balaban J connectivity index is 2.25. The zero-order valence-electron chi connectivity index (χ0n) is 12.6. The average molecular weight is 310 g/mol. The van der Waals surface area contributed by atoms with Crippen molar-refractivity contribution >= 4 is 10.0 Å². The predicted molar refractivity (Wildman–Crippen MR) is 85.5 cm³/mol. The summed E-state index contributed by atoms with van der Waals surface area (Å²) in [6.07, 6.45) is 7.32. The highest BCUT2D eigenvalue weighted by Gasteiger charge is 2.31. The molecule has 0 saturated heterocycles. The van der Waals surface area contributed by atoms with Crippen molar-refractivity contribution < 1.29 is 8.42 Å². The van der Waals surface area contributed by atoms with Crippen LogP contribution < -0.4 is 5.73 Å². The summed E-state index contributed by atoms with van der Waals surface area (Å²) in [6.45, 7) is 1.05. The number of nitrogens with two attached hydrogens (primary N) is 1. The summed E-state index contributed by atoms with van der Waals surface area (Å²) in [4.78, 5) is 0.395. The average Bonchev–Trinajstić information content (AvgIpc) is 2.77. The van der Waals surface area contributed by atoms with Crippen molar-refractivity contribution in [2.45, 2.75) is 55.9 Å². The first-order valence-electron chi connectivity index (χ1n) is 7.93. The summed E-state index contributed by atoms with van der Waals surface area (Å²) >= 11 is 0. The first-order chi connectivity index (χ1) is 10.2. The van der Waals surface area contributed by atoms with E-state index in [0.717, 1.165) is 25.7 Å². The standard InChI is InChI=1S/C16H26N2O2S/c17-13-8-14-18(15-9-4-1-2-5-10-15)21(19,20)16-11-6-3-7-12-16/h3,6-7,11-12,15H,1-2,4-5,8-10,13-14,17H2. The van der Waals surface area contributed by atoms with Gasteiger partial charge in [0.1, 0.15) is 0 Å². The molecule has 1 aliphatic rings. The van der Waals surface area contributed by atoms with Gasteiger partial charge in [0.2, 0.25) is 10.0 Å². The van der Waals surface area contributed by atoms with Gasteiger partial charge in [0, 0.05) is 12.6 Å². The van der Waals surface area contributed by atoms with Crippen LogP contribution in [0.25, 0.3) is 0 Å². The summed E-state index contributed by atoms with van der Waals surface area (Å²) in [5.41, 5.74) is 5.60. The Bertz CT molecular complexity index is 508. The molecule has 0 aliphatic heterocycles. The van der Waals surface area contributed by atoms with Gasteiger partial charge in [0.15, 0.2) is 0 Å². The molecule has 0 spiro atoms. The van der Waals surface area contributed by atoms with E-state index < -0.39 is 10.0 Å². The summed E-state index contributed by atoms with van der Waals surface area (Å²) in [5, 5.41) is 0. The topological polar surface area (TPSA) is 63.4 Å². The van der Waals surface area contributed by atoms with Crippen molar-refractivity contribution in [2.75, 3.05) is 13.1 Å². The van der Waals surface area contributed by atoms with Crippen molar-refractivity contribution in [1.82, 2.24) is 4.31 Å². The van der Waals surface area contributed by atoms with Crippen LogP contribution in [0.4, 0.5) is 0 Å². The van der Waals surface area contributed by atoms with Gasteiger partial charge in [0.25, 0.3) is 0 Å². The normalized spacial score (nSPS) is 17.8. The number of nitrogens with zero attached hydrogens (tertiary/aromatic N) is 1. The molecular formula is C16H26N2O2S. The van der Waals surface area contributed by atoms with Gasteiger partial charge in [0.05, 0.1) is 4.90 Å². The lowest BCUT2D eigenvalue weighted by atomic mass is 10.1. The molecule has 0 radical (unpaired) electrons. The van der Waals surface area contributed by atoms with E-state index in [-0.39, 0.29) is 6.04 Å². The molecule has 0 unspecified atom stereocenters. The second kappa shape index (κ2) is 7.92. The summed E-state index contributed by atoms with van der Waals surface area (Å²) < 4.78 is 27.6. The lowest BCUT2D eigenvalue weighted by Gasteiger charge is -2.30. The summed E-state index contributed by atoms with van der Waals surface area (Å²) in [6, 6.07) is 8.89. The second-order valence-electron chi connectivity index (χ2n) is 5.72. The zero-order chi connectivity index (χ0) is 15.1. The maximum Gasteiger partial charge on any atom is 0.243 e. The van der Waals surface area contributed by atoms with E-state index in [1.54, 1.807) is 28.6 Å². The van der Waals surface area contributed by atoms with E-state index in [1.807, 2.05) is 6.07 Å². The molecule has 1 aromatic rings. The van der Waals surface area contributed by atoms with Gasteiger partial charge in [-0.25, -0.2) is 8.42 Å². The van der Waals surface area contributed by atoms with E-state index >= 15 is 0 Å². The Labute approximate surface area is 128 Å². The molecule has 0 amide bonds. The number of sulfonamides is 1. The van der Waals surface area contributed by atoms with Crippen LogP contribution in [-0.2, 0) is 10.0 Å². The van der Waals surface area contributed by atoms with Crippen LogP contribution in [0, 0.1) is 0 Å². The van der Waals surface area contributed by atoms with Crippen LogP contribution >= 0.6 is 0 Å². The van der Waals surface area contributed by atoms with Crippen molar-refractivity contribution in [2.24, 2.45) is 5.73 Å². The molecule has 1 fully saturated rings. The number of hydrogen-bond donors (Lipinski definition) is 1. The van der Waals surface area contributed by atoms with Gasteiger partial charge in [-0.2, -0.15) is 4.31 Å². The molecule has 21 heavy (non-hydrogen) atoms. The maximum absolute atomic E-state index is 12.9. The lowest BCUT2D eigenvalue weighted by molar-refractivity contribution is 0.290. The third-order valence-electron chi connectivity index (χ3n) is 4.16. The Morgan fingerprint density at radius 1 is 1.05 bits per heavy atom. The summed E-state index contributed by atoms with van der Waals surface area (Å²) in [5.74, 6) is 0. The third-order valence-corrected chi connectivity index (χ3v) is 6.13. The highest BCUT2D eigenvalue weighted by Crippen LogP contribution is 2.27. The second-order valence-corrected chi connectivity index (χ2v) is 7.61. The molecule has 0 atom stereocenters. The Kier molecular flexibility index (Phi) is 6.21. The molecule has 118 valence electrons. The fourth-order valence-corrected chi connectivity index (χ4v) is 4.76. The fraction of sp³-hybridized carbons (Fsp3) is 0.625. The molecule has 2 rings (SSSR count). The highest BCUT2D eigenvalue weighted by molar-refractivity contribution is 7.89. The quantitative estimate of drug-likeness (QED) is 0.822. The molecule has 1 saturated carbocycles. The van der Waals surface area contributed by atoms with Gasteiger partial charge in [-0.15, -0.1) is 0 Å². The van der Waals surface area contributed by atoms with E-state index in [0.29, 0.717) is 24.4 Å². The van der Waals surface area contributed by atoms with Crippen molar-refractivity contribution in [3.05, 3.63) is 30.3 Å². The van der Waals surface area contributed by atoms with Gasteiger partial charge in [-0.1, -0.05) is 43.9 Å². The molecule has 5 heteroatoms. The van der Waals surface area contributed by atoms with Gasteiger partial charge < -0.3 is 5.73 Å². The van der Waals surface area contributed by atoms with Crippen molar-refractivity contribution in [3.8, 4) is 0 Å². The Morgan fingerprint density at radius 2 is 1.67 bits per heavy atom. The third kappa shape index (κ3) is 4.28. The Morgan fingerprint density at radius 3 is 2.24 bits per heavy atom. The summed E-state index contributed by atoms with van der Waals surface area (Å²) in [7, 11) is -3.41. The first-order valence-corrected chi connectivity index (χ1v) is 9.37. The van der Waals surface area contributed by atoms with Crippen LogP contribution in [0.15, 0.2) is 35.2 Å². The van der Waals surface area contributed by atoms with E-state index in [4.69, 9.17) is 5.73 Å². The molecule has 1 aliphatic carbocycles. The molecular weight excluding hydrogens is 284 g/mol.